The molecule has 4 aliphatic rings. The molecule has 1 saturated carbocycles. The van der Waals surface area contributed by atoms with Crippen LogP contribution in [0, 0.1) is 11.8 Å². The predicted molar refractivity (Wildman–Crippen MR) is 82.1 cm³/mol. The van der Waals surface area contributed by atoms with Crippen LogP contribution < -0.4 is 0 Å². The molecule has 1 spiro atoms. The number of likely N-dealkylation sites (tertiary alicyclic amines) is 1. The van der Waals surface area contributed by atoms with E-state index in [2.05, 4.69) is 16.7 Å². The first kappa shape index (κ1) is 13.9. The third kappa shape index (κ3) is 2.43. The number of ether oxygens (including phenoxy) is 1. The minimum Gasteiger partial charge on any atom is -0.393 e. The van der Waals surface area contributed by atoms with Gasteiger partial charge in [0.1, 0.15) is 0 Å². The Kier molecular flexibility index (Phi) is 3.78. The lowest BCUT2D eigenvalue weighted by Gasteiger charge is -2.46. The van der Waals surface area contributed by atoms with Crippen LogP contribution in [0.2, 0.25) is 0 Å². The molecule has 3 saturated heterocycles. The fraction of sp³-hybridized carbons (Fsp3) is 1.00. The minimum atomic E-state index is -0.0233. The molecule has 4 rings (SSSR count). The van der Waals surface area contributed by atoms with Crippen LogP contribution in [0.15, 0.2) is 0 Å². The van der Waals surface area contributed by atoms with Gasteiger partial charge in [0.05, 0.1) is 11.7 Å². The second-order valence-electron chi connectivity index (χ2n) is 7.31. The van der Waals surface area contributed by atoms with Gasteiger partial charge in [-0.2, -0.15) is 11.8 Å². The van der Waals surface area contributed by atoms with Gasteiger partial charge >= 0.3 is 0 Å². The number of fused-ring (bicyclic) bond motifs is 1. The van der Waals surface area contributed by atoms with Crippen LogP contribution in [0.1, 0.15) is 38.5 Å². The van der Waals surface area contributed by atoms with Crippen LogP contribution >= 0.6 is 11.8 Å². The third-order valence-electron chi connectivity index (χ3n) is 6.23. The Bertz CT molecular complexity index is 353. The Morgan fingerprint density at radius 1 is 1.10 bits per heavy atom. The summed E-state index contributed by atoms with van der Waals surface area (Å²) in [7, 11) is 0. The fourth-order valence-electron chi connectivity index (χ4n) is 4.97. The average Bonchev–Trinajstić information content (AvgIpc) is 3.03. The zero-order chi connectivity index (χ0) is 13.6. The van der Waals surface area contributed by atoms with Gasteiger partial charge in [-0.3, -0.25) is 4.90 Å². The van der Waals surface area contributed by atoms with Gasteiger partial charge < -0.3 is 9.84 Å². The lowest BCUT2D eigenvalue weighted by Crippen LogP contribution is -2.50. The molecule has 1 N–H and O–H groups in total. The predicted octanol–water partition coefficient (Wildman–Crippen LogP) is 2.13. The summed E-state index contributed by atoms with van der Waals surface area (Å²) in [4.78, 5) is 2.70. The molecule has 0 aromatic rings. The van der Waals surface area contributed by atoms with Crippen molar-refractivity contribution in [3.8, 4) is 0 Å². The molecule has 1 aliphatic carbocycles. The monoisotopic (exact) mass is 297 g/mol. The maximum absolute atomic E-state index is 10.1. The number of hydrogen-bond donors (Lipinski definition) is 1. The summed E-state index contributed by atoms with van der Waals surface area (Å²) < 4.78 is 6.22. The summed E-state index contributed by atoms with van der Waals surface area (Å²) in [5, 5.41) is 10.1. The molecule has 0 radical (unpaired) electrons. The second-order valence-corrected chi connectivity index (χ2v) is 8.54. The van der Waals surface area contributed by atoms with Crippen LogP contribution in [0.25, 0.3) is 0 Å². The number of nitrogens with zero attached hydrogens (tertiary/aromatic N) is 1. The van der Waals surface area contributed by atoms with E-state index in [-0.39, 0.29) is 11.7 Å². The SMILES string of the molecule is OC1CCC2CN(C3CCOC4(CCSCC4)C3)CC12. The molecule has 0 aromatic heterocycles. The van der Waals surface area contributed by atoms with Gasteiger partial charge in [0, 0.05) is 31.7 Å². The zero-order valence-electron chi connectivity index (χ0n) is 12.3. The topological polar surface area (TPSA) is 32.7 Å². The number of aliphatic hydroxyl groups excluding tert-OH is 1. The Morgan fingerprint density at radius 3 is 2.75 bits per heavy atom. The van der Waals surface area contributed by atoms with Gasteiger partial charge in [0.15, 0.2) is 0 Å². The van der Waals surface area contributed by atoms with Crippen molar-refractivity contribution < 1.29 is 9.84 Å². The molecule has 3 nitrogen and oxygen atoms in total. The summed E-state index contributed by atoms with van der Waals surface area (Å²) in [6.07, 6.45) is 7.19. The molecule has 4 unspecified atom stereocenters. The molecular formula is C16H27NO2S. The summed E-state index contributed by atoms with van der Waals surface area (Å²) >= 11 is 2.08. The first-order valence-electron chi connectivity index (χ1n) is 8.40. The van der Waals surface area contributed by atoms with Crippen molar-refractivity contribution in [2.45, 2.75) is 56.3 Å². The highest BCUT2D eigenvalue weighted by molar-refractivity contribution is 7.99. The summed E-state index contributed by atoms with van der Waals surface area (Å²) in [5.74, 6) is 3.88. The highest BCUT2D eigenvalue weighted by Gasteiger charge is 2.46. The molecule has 3 aliphatic heterocycles. The van der Waals surface area contributed by atoms with E-state index in [0.717, 1.165) is 25.5 Å². The van der Waals surface area contributed by atoms with E-state index in [9.17, 15) is 5.11 Å². The molecule has 4 fully saturated rings. The Hall–Kier alpha value is 0.230. The Balaban J connectivity index is 1.41. The van der Waals surface area contributed by atoms with Crippen LogP contribution in [0.3, 0.4) is 0 Å². The summed E-state index contributed by atoms with van der Waals surface area (Å²) in [6.45, 7) is 3.32. The fourth-order valence-corrected chi connectivity index (χ4v) is 6.21. The molecule has 4 atom stereocenters. The van der Waals surface area contributed by atoms with E-state index < -0.39 is 0 Å². The maximum atomic E-state index is 10.1. The molecule has 20 heavy (non-hydrogen) atoms. The number of rotatable bonds is 1. The van der Waals surface area contributed by atoms with Gasteiger partial charge in [-0.1, -0.05) is 0 Å². The van der Waals surface area contributed by atoms with Crippen LogP contribution in [0.4, 0.5) is 0 Å². The van der Waals surface area contributed by atoms with Gasteiger partial charge in [-0.25, -0.2) is 0 Å². The van der Waals surface area contributed by atoms with E-state index in [0.29, 0.717) is 12.0 Å². The second kappa shape index (κ2) is 5.45. The van der Waals surface area contributed by atoms with Crippen molar-refractivity contribution >= 4 is 11.8 Å². The van der Waals surface area contributed by atoms with E-state index in [1.54, 1.807) is 0 Å². The quantitative estimate of drug-likeness (QED) is 0.804. The largest absolute Gasteiger partial charge is 0.393 e. The molecule has 3 heterocycles. The van der Waals surface area contributed by atoms with Crippen molar-refractivity contribution in [3.63, 3.8) is 0 Å². The van der Waals surface area contributed by atoms with Crippen molar-refractivity contribution in [3.05, 3.63) is 0 Å². The van der Waals surface area contributed by atoms with Gasteiger partial charge in [0.25, 0.3) is 0 Å². The molecule has 0 amide bonds. The van der Waals surface area contributed by atoms with Crippen LogP contribution in [-0.4, -0.2) is 59.0 Å². The van der Waals surface area contributed by atoms with Gasteiger partial charge in [-0.05, 0) is 55.9 Å². The number of aliphatic hydroxyl groups is 1. The first-order chi connectivity index (χ1) is 9.76. The van der Waals surface area contributed by atoms with E-state index in [4.69, 9.17) is 4.74 Å². The first-order valence-corrected chi connectivity index (χ1v) is 9.55. The highest BCUT2D eigenvalue weighted by atomic mass is 32.2. The molecular weight excluding hydrogens is 270 g/mol. The smallest absolute Gasteiger partial charge is 0.0713 e. The van der Waals surface area contributed by atoms with Crippen LogP contribution in [-0.2, 0) is 4.74 Å². The highest BCUT2D eigenvalue weighted by Crippen LogP contribution is 2.43. The van der Waals surface area contributed by atoms with E-state index in [1.165, 1.54) is 50.2 Å². The van der Waals surface area contributed by atoms with Gasteiger partial charge in [-0.15, -0.1) is 0 Å². The molecule has 114 valence electrons. The standard InChI is InChI=1S/C16H27NO2S/c18-15-2-1-12-10-17(11-14(12)15)13-3-6-19-16(9-13)4-7-20-8-5-16/h12-15,18H,1-11H2. The van der Waals surface area contributed by atoms with Crippen molar-refractivity contribution in [1.82, 2.24) is 4.90 Å². The minimum absolute atomic E-state index is 0.0233. The van der Waals surface area contributed by atoms with Crippen LogP contribution in [0.5, 0.6) is 0 Å². The maximum Gasteiger partial charge on any atom is 0.0713 e. The molecule has 0 aromatic carbocycles. The normalized spacial score (nSPS) is 44.9. The summed E-state index contributed by atoms with van der Waals surface area (Å²) in [5.41, 5.74) is 0.199. The van der Waals surface area contributed by atoms with Crippen molar-refractivity contribution in [1.29, 1.82) is 0 Å². The third-order valence-corrected chi connectivity index (χ3v) is 7.22. The lowest BCUT2D eigenvalue weighted by molar-refractivity contribution is -0.109. The number of thioether (sulfide) groups is 1. The number of hydrogen-bond acceptors (Lipinski definition) is 4. The zero-order valence-corrected chi connectivity index (χ0v) is 13.1. The van der Waals surface area contributed by atoms with Gasteiger partial charge in [0.2, 0.25) is 0 Å². The Labute approximate surface area is 126 Å². The average molecular weight is 297 g/mol. The van der Waals surface area contributed by atoms with E-state index >= 15 is 0 Å². The lowest BCUT2D eigenvalue weighted by atomic mass is 9.85. The summed E-state index contributed by atoms with van der Waals surface area (Å²) in [6, 6.07) is 0.713. The molecule has 4 heteroatoms. The Morgan fingerprint density at radius 2 is 1.95 bits per heavy atom. The molecule has 0 bridgehead atoms. The van der Waals surface area contributed by atoms with E-state index in [1.807, 2.05) is 0 Å². The van der Waals surface area contributed by atoms with Crippen molar-refractivity contribution in [2.24, 2.45) is 11.8 Å². The van der Waals surface area contributed by atoms with Crippen molar-refractivity contribution in [2.75, 3.05) is 31.2 Å².